The van der Waals surface area contributed by atoms with E-state index in [1.165, 1.54) is 6.07 Å². The van der Waals surface area contributed by atoms with Gasteiger partial charge >= 0.3 is 5.97 Å². The van der Waals surface area contributed by atoms with Gasteiger partial charge in [-0.25, -0.2) is 4.79 Å². The lowest BCUT2D eigenvalue weighted by molar-refractivity contribution is 0.0660. The SMILES string of the molecule is COCCNCc1ccc(C(=O)O)o1. The van der Waals surface area contributed by atoms with Gasteiger partial charge in [-0.15, -0.1) is 0 Å². The van der Waals surface area contributed by atoms with Gasteiger partial charge in [-0.05, 0) is 12.1 Å². The number of carboxylic acid groups (broad SMARTS) is 1. The van der Waals surface area contributed by atoms with Crippen LogP contribution in [0.2, 0.25) is 0 Å². The van der Waals surface area contributed by atoms with Gasteiger partial charge in [-0.2, -0.15) is 0 Å². The Labute approximate surface area is 81.7 Å². The molecule has 1 aromatic heterocycles. The Bertz CT molecular complexity index is 295. The number of hydrogen-bond acceptors (Lipinski definition) is 4. The van der Waals surface area contributed by atoms with E-state index in [4.69, 9.17) is 14.3 Å². The second-order valence-corrected chi connectivity index (χ2v) is 2.74. The van der Waals surface area contributed by atoms with Crippen LogP contribution >= 0.6 is 0 Å². The summed E-state index contributed by atoms with van der Waals surface area (Å²) in [4.78, 5) is 10.5. The van der Waals surface area contributed by atoms with Gasteiger partial charge < -0.3 is 19.6 Å². The smallest absolute Gasteiger partial charge is 0.371 e. The lowest BCUT2D eigenvalue weighted by atomic mass is 10.4. The van der Waals surface area contributed by atoms with Crippen molar-refractivity contribution in [2.45, 2.75) is 6.54 Å². The first kappa shape index (κ1) is 10.7. The summed E-state index contributed by atoms with van der Waals surface area (Å²) in [6, 6.07) is 3.08. The van der Waals surface area contributed by atoms with Gasteiger partial charge in [0.1, 0.15) is 5.76 Å². The lowest BCUT2D eigenvalue weighted by Gasteiger charge is -2.00. The maximum Gasteiger partial charge on any atom is 0.371 e. The summed E-state index contributed by atoms with van der Waals surface area (Å²) in [5.74, 6) is -0.472. The Morgan fingerprint density at radius 3 is 3.00 bits per heavy atom. The molecule has 0 aliphatic rings. The molecule has 0 bridgehead atoms. The summed E-state index contributed by atoms with van der Waals surface area (Å²) in [5, 5.41) is 11.6. The van der Waals surface area contributed by atoms with Crippen LogP contribution in [0.15, 0.2) is 16.5 Å². The van der Waals surface area contributed by atoms with Gasteiger partial charge in [0, 0.05) is 13.7 Å². The fraction of sp³-hybridized carbons (Fsp3) is 0.444. The highest BCUT2D eigenvalue weighted by Gasteiger charge is 2.07. The van der Waals surface area contributed by atoms with Gasteiger partial charge in [0.2, 0.25) is 5.76 Å². The summed E-state index contributed by atoms with van der Waals surface area (Å²) < 4.78 is 9.86. The summed E-state index contributed by atoms with van der Waals surface area (Å²) in [7, 11) is 1.62. The average molecular weight is 199 g/mol. The van der Waals surface area contributed by atoms with Gasteiger partial charge in [0.15, 0.2) is 0 Å². The van der Waals surface area contributed by atoms with Crippen molar-refractivity contribution >= 4 is 5.97 Å². The third-order valence-corrected chi connectivity index (χ3v) is 1.65. The fourth-order valence-electron chi connectivity index (χ4n) is 0.974. The molecule has 1 rings (SSSR count). The standard InChI is InChI=1S/C9H13NO4/c1-13-5-4-10-6-7-2-3-8(14-7)9(11)12/h2-3,10H,4-6H2,1H3,(H,11,12). The molecule has 0 saturated carbocycles. The third-order valence-electron chi connectivity index (χ3n) is 1.65. The minimum Gasteiger partial charge on any atom is -0.475 e. The molecule has 0 aliphatic carbocycles. The zero-order chi connectivity index (χ0) is 10.4. The Morgan fingerprint density at radius 2 is 2.43 bits per heavy atom. The molecule has 5 nitrogen and oxygen atoms in total. The normalized spacial score (nSPS) is 10.4. The van der Waals surface area contributed by atoms with Crippen LogP contribution in [0.1, 0.15) is 16.3 Å². The van der Waals surface area contributed by atoms with Crippen LogP contribution in [-0.4, -0.2) is 31.3 Å². The van der Waals surface area contributed by atoms with Gasteiger partial charge in [0.25, 0.3) is 0 Å². The van der Waals surface area contributed by atoms with E-state index in [1.54, 1.807) is 13.2 Å². The maximum atomic E-state index is 10.5. The number of carbonyl (C=O) groups is 1. The Morgan fingerprint density at radius 1 is 1.64 bits per heavy atom. The molecule has 1 aromatic rings. The number of aromatic carboxylic acids is 1. The number of hydrogen-bond donors (Lipinski definition) is 2. The number of nitrogens with one attached hydrogen (secondary N) is 1. The quantitative estimate of drug-likeness (QED) is 0.660. The average Bonchev–Trinajstić information content (AvgIpc) is 2.61. The van der Waals surface area contributed by atoms with Crippen LogP contribution in [0.4, 0.5) is 0 Å². The van der Waals surface area contributed by atoms with E-state index < -0.39 is 5.97 Å². The minimum atomic E-state index is -1.05. The first-order chi connectivity index (χ1) is 6.74. The zero-order valence-corrected chi connectivity index (χ0v) is 7.95. The first-order valence-corrected chi connectivity index (χ1v) is 4.25. The molecular weight excluding hydrogens is 186 g/mol. The van der Waals surface area contributed by atoms with Crippen molar-refractivity contribution in [1.82, 2.24) is 5.32 Å². The maximum absolute atomic E-state index is 10.5. The summed E-state index contributed by atoms with van der Waals surface area (Å²) >= 11 is 0. The number of methoxy groups -OCH3 is 1. The van der Waals surface area contributed by atoms with Gasteiger partial charge in [0.05, 0.1) is 13.2 Å². The second kappa shape index (κ2) is 5.41. The molecule has 0 fully saturated rings. The molecule has 78 valence electrons. The number of ether oxygens (including phenoxy) is 1. The highest BCUT2D eigenvalue weighted by Crippen LogP contribution is 2.06. The van der Waals surface area contributed by atoms with E-state index in [-0.39, 0.29) is 5.76 Å². The number of carboxylic acids is 1. The van der Waals surface area contributed by atoms with Crippen molar-refractivity contribution < 1.29 is 19.1 Å². The Balaban J connectivity index is 2.33. The molecule has 0 aliphatic heterocycles. The molecular formula is C9H13NO4. The molecule has 14 heavy (non-hydrogen) atoms. The third kappa shape index (κ3) is 3.20. The van der Waals surface area contributed by atoms with Crippen LogP contribution in [0.25, 0.3) is 0 Å². The minimum absolute atomic E-state index is 0.0338. The predicted octanol–water partition coefficient (Wildman–Crippen LogP) is 0.714. The van der Waals surface area contributed by atoms with Crippen molar-refractivity contribution in [2.75, 3.05) is 20.3 Å². The van der Waals surface area contributed by atoms with E-state index in [2.05, 4.69) is 5.32 Å². The van der Waals surface area contributed by atoms with Crippen LogP contribution in [-0.2, 0) is 11.3 Å². The second-order valence-electron chi connectivity index (χ2n) is 2.74. The van der Waals surface area contributed by atoms with E-state index in [9.17, 15) is 4.79 Å². The molecule has 0 radical (unpaired) electrons. The first-order valence-electron chi connectivity index (χ1n) is 4.25. The van der Waals surface area contributed by atoms with Crippen LogP contribution in [0.5, 0.6) is 0 Å². The molecule has 0 aromatic carbocycles. The molecule has 5 heteroatoms. The molecule has 0 spiro atoms. The fourth-order valence-corrected chi connectivity index (χ4v) is 0.974. The van der Waals surface area contributed by atoms with Crippen molar-refractivity contribution in [2.24, 2.45) is 0 Å². The van der Waals surface area contributed by atoms with E-state index >= 15 is 0 Å². The topological polar surface area (TPSA) is 71.7 Å². The molecule has 2 N–H and O–H groups in total. The zero-order valence-electron chi connectivity index (χ0n) is 7.95. The van der Waals surface area contributed by atoms with Crippen molar-refractivity contribution in [1.29, 1.82) is 0 Å². The lowest BCUT2D eigenvalue weighted by Crippen LogP contribution is -2.18. The molecule has 0 amide bonds. The highest BCUT2D eigenvalue weighted by atomic mass is 16.5. The van der Waals surface area contributed by atoms with Crippen molar-refractivity contribution in [3.63, 3.8) is 0 Å². The Kier molecular flexibility index (Phi) is 4.15. The van der Waals surface area contributed by atoms with Crippen LogP contribution in [0.3, 0.4) is 0 Å². The Hall–Kier alpha value is -1.33. The van der Waals surface area contributed by atoms with Gasteiger partial charge in [-0.1, -0.05) is 0 Å². The molecule has 0 atom stereocenters. The molecule has 0 unspecified atom stereocenters. The predicted molar refractivity (Wildman–Crippen MR) is 49.3 cm³/mol. The highest BCUT2D eigenvalue weighted by molar-refractivity contribution is 5.84. The monoisotopic (exact) mass is 199 g/mol. The van der Waals surface area contributed by atoms with E-state index in [0.29, 0.717) is 25.5 Å². The molecule has 1 heterocycles. The number of rotatable bonds is 6. The van der Waals surface area contributed by atoms with Crippen LogP contribution < -0.4 is 5.32 Å². The largest absolute Gasteiger partial charge is 0.475 e. The van der Waals surface area contributed by atoms with E-state index in [0.717, 1.165) is 0 Å². The van der Waals surface area contributed by atoms with Gasteiger partial charge in [-0.3, -0.25) is 0 Å². The van der Waals surface area contributed by atoms with E-state index in [1.807, 2.05) is 0 Å². The molecule has 0 saturated heterocycles. The summed E-state index contributed by atoms with van der Waals surface area (Å²) in [6.45, 7) is 1.84. The van der Waals surface area contributed by atoms with Crippen molar-refractivity contribution in [3.05, 3.63) is 23.7 Å². The van der Waals surface area contributed by atoms with Crippen molar-refractivity contribution in [3.8, 4) is 0 Å². The number of furan rings is 1. The summed E-state index contributed by atoms with van der Waals surface area (Å²) in [5.41, 5.74) is 0. The summed E-state index contributed by atoms with van der Waals surface area (Å²) in [6.07, 6.45) is 0. The van der Waals surface area contributed by atoms with Crippen LogP contribution in [0, 0.1) is 0 Å².